The molecular formula is C24H23N3O6S. The van der Waals surface area contributed by atoms with E-state index in [0.29, 0.717) is 11.6 Å². The average Bonchev–Trinajstić information content (AvgIpc) is 3.41. The highest BCUT2D eigenvalue weighted by atomic mass is 32.1. The van der Waals surface area contributed by atoms with E-state index in [4.69, 9.17) is 9.84 Å². The molecule has 176 valence electrons. The Hall–Kier alpha value is -3.76. The Labute approximate surface area is 199 Å². The first kappa shape index (κ1) is 23.4. The molecule has 34 heavy (non-hydrogen) atoms. The molecule has 10 heteroatoms. The number of thiazole rings is 1. The van der Waals surface area contributed by atoms with Gasteiger partial charge in [0.2, 0.25) is 5.91 Å². The lowest BCUT2D eigenvalue weighted by Crippen LogP contribution is -2.36. The van der Waals surface area contributed by atoms with Crippen LogP contribution in [0.4, 0.5) is 9.93 Å². The number of aliphatic hydroxyl groups is 1. The lowest BCUT2D eigenvalue weighted by molar-refractivity contribution is -0.146. The zero-order valence-electron chi connectivity index (χ0n) is 18.1. The van der Waals surface area contributed by atoms with Crippen LogP contribution in [0.1, 0.15) is 28.3 Å². The van der Waals surface area contributed by atoms with E-state index in [1.54, 1.807) is 6.20 Å². The van der Waals surface area contributed by atoms with Gasteiger partial charge in [0.05, 0.1) is 6.54 Å². The maximum Gasteiger partial charge on any atom is 0.413 e. The fraction of sp³-hybridized carbons (Fsp3) is 0.250. The third-order valence-corrected chi connectivity index (χ3v) is 6.45. The Morgan fingerprint density at radius 1 is 1.06 bits per heavy atom. The van der Waals surface area contributed by atoms with Crippen molar-refractivity contribution < 1.29 is 29.3 Å². The molecule has 0 spiro atoms. The summed E-state index contributed by atoms with van der Waals surface area (Å²) in [6, 6.07) is 16.2. The van der Waals surface area contributed by atoms with Gasteiger partial charge in [-0.15, -0.1) is 11.3 Å². The minimum Gasteiger partial charge on any atom is -0.479 e. The summed E-state index contributed by atoms with van der Waals surface area (Å²) < 4.78 is 5.51. The standard InChI is InChI=1S/C24H23N3O6S/c28-20(22(30)31)12-25-21(29)10-9-14-11-26-23(34-14)27-24(32)33-13-19-17-7-3-1-5-15(17)16-6-2-4-8-18(16)19/h1-8,11,19-20,28H,9-10,12-13H2,(H,25,29)(H,30,31)(H,26,27,32)/t20-/m0/s1. The van der Waals surface area contributed by atoms with Crippen LogP contribution in [-0.2, 0) is 20.7 Å². The van der Waals surface area contributed by atoms with Gasteiger partial charge in [-0.2, -0.15) is 0 Å². The molecule has 0 saturated heterocycles. The van der Waals surface area contributed by atoms with Gasteiger partial charge in [0, 0.05) is 23.4 Å². The minimum atomic E-state index is -1.64. The van der Waals surface area contributed by atoms with Gasteiger partial charge in [-0.05, 0) is 28.7 Å². The van der Waals surface area contributed by atoms with Crippen molar-refractivity contribution >= 4 is 34.4 Å². The van der Waals surface area contributed by atoms with Crippen molar-refractivity contribution in [3.63, 3.8) is 0 Å². The van der Waals surface area contributed by atoms with E-state index in [1.165, 1.54) is 11.3 Å². The van der Waals surface area contributed by atoms with Crippen molar-refractivity contribution in [2.75, 3.05) is 18.5 Å². The van der Waals surface area contributed by atoms with Gasteiger partial charge in [0.15, 0.2) is 11.2 Å². The molecule has 0 aliphatic heterocycles. The van der Waals surface area contributed by atoms with E-state index in [0.717, 1.165) is 27.1 Å². The molecule has 1 aromatic heterocycles. The molecule has 0 unspecified atom stereocenters. The number of benzene rings is 2. The number of hydrogen-bond acceptors (Lipinski definition) is 7. The Morgan fingerprint density at radius 2 is 1.71 bits per heavy atom. The van der Waals surface area contributed by atoms with Crippen molar-refractivity contribution in [1.29, 1.82) is 0 Å². The first-order valence-electron chi connectivity index (χ1n) is 10.7. The van der Waals surface area contributed by atoms with Gasteiger partial charge >= 0.3 is 12.1 Å². The summed E-state index contributed by atoms with van der Waals surface area (Å²) in [6.07, 6.45) is -0.232. The lowest BCUT2D eigenvalue weighted by Gasteiger charge is -2.14. The smallest absolute Gasteiger partial charge is 0.413 e. The Balaban J connectivity index is 1.26. The van der Waals surface area contributed by atoms with E-state index in [-0.39, 0.29) is 31.4 Å². The topological polar surface area (TPSA) is 138 Å². The normalized spacial score (nSPS) is 13.0. The Morgan fingerprint density at radius 3 is 2.35 bits per heavy atom. The summed E-state index contributed by atoms with van der Waals surface area (Å²) in [6.45, 7) is -0.161. The molecule has 0 radical (unpaired) electrons. The molecule has 0 fully saturated rings. The number of carboxylic acid groups (broad SMARTS) is 1. The van der Waals surface area contributed by atoms with Gasteiger partial charge in [-0.25, -0.2) is 14.6 Å². The number of aromatic nitrogens is 1. The predicted octanol–water partition coefficient (Wildman–Crippen LogP) is 3.00. The molecule has 3 aromatic rings. The van der Waals surface area contributed by atoms with Crippen LogP contribution < -0.4 is 10.6 Å². The van der Waals surface area contributed by atoms with Crippen LogP contribution in [0.25, 0.3) is 11.1 Å². The number of nitrogens with one attached hydrogen (secondary N) is 2. The monoisotopic (exact) mass is 481 g/mol. The van der Waals surface area contributed by atoms with E-state index < -0.39 is 18.2 Å². The fourth-order valence-electron chi connectivity index (χ4n) is 3.83. The lowest BCUT2D eigenvalue weighted by atomic mass is 9.98. The van der Waals surface area contributed by atoms with Crippen LogP contribution >= 0.6 is 11.3 Å². The average molecular weight is 482 g/mol. The number of carbonyl (C=O) groups is 3. The molecule has 2 aromatic carbocycles. The second-order valence-electron chi connectivity index (χ2n) is 7.74. The molecule has 1 heterocycles. The maximum absolute atomic E-state index is 12.4. The van der Waals surface area contributed by atoms with E-state index in [2.05, 4.69) is 27.8 Å². The molecule has 1 atom stereocenters. The third-order valence-electron chi connectivity index (χ3n) is 5.48. The van der Waals surface area contributed by atoms with E-state index in [9.17, 15) is 19.5 Å². The number of fused-ring (bicyclic) bond motifs is 3. The number of anilines is 1. The number of hydrogen-bond donors (Lipinski definition) is 4. The van der Waals surface area contributed by atoms with Crippen LogP contribution in [0.3, 0.4) is 0 Å². The molecule has 1 aliphatic rings. The molecule has 0 saturated carbocycles. The quantitative estimate of drug-likeness (QED) is 0.369. The molecule has 1 aliphatic carbocycles. The van der Waals surface area contributed by atoms with Crippen LogP contribution in [0.15, 0.2) is 54.7 Å². The number of carbonyl (C=O) groups excluding carboxylic acids is 2. The third kappa shape index (κ3) is 5.41. The molecule has 4 N–H and O–H groups in total. The van der Waals surface area contributed by atoms with Crippen LogP contribution in [0, 0.1) is 0 Å². The summed E-state index contributed by atoms with van der Waals surface area (Å²) >= 11 is 1.22. The second-order valence-corrected chi connectivity index (χ2v) is 8.86. The van der Waals surface area contributed by atoms with Crippen LogP contribution in [0.5, 0.6) is 0 Å². The number of nitrogens with zero attached hydrogens (tertiary/aromatic N) is 1. The SMILES string of the molecule is O=C(CCc1cnc(NC(=O)OCC2c3ccccc3-c3ccccc32)s1)NC[C@H](O)C(=O)O. The van der Waals surface area contributed by atoms with Crippen molar-refractivity contribution in [2.45, 2.75) is 24.9 Å². The number of rotatable bonds is 9. The number of aliphatic hydroxyl groups excluding tert-OH is 1. The number of ether oxygens (including phenoxy) is 1. The largest absolute Gasteiger partial charge is 0.479 e. The summed E-state index contributed by atoms with van der Waals surface area (Å²) in [5, 5.41) is 23.1. The number of aryl methyl sites for hydroxylation is 1. The number of carboxylic acids is 1. The molecular weight excluding hydrogens is 458 g/mol. The van der Waals surface area contributed by atoms with Gasteiger partial charge < -0.3 is 20.3 Å². The van der Waals surface area contributed by atoms with Crippen molar-refractivity contribution in [1.82, 2.24) is 10.3 Å². The van der Waals surface area contributed by atoms with Crippen LogP contribution in [0.2, 0.25) is 0 Å². The van der Waals surface area contributed by atoms with Gasteiger partial charge in [0.1, 0.15) is 6.61 Å². The summed E-state index contributed by atoms with van der Waals surface area (Å²) in [5.41, 5.74) is 4.56. The molecule has 4 rings (SSSR count). The molecule has 2 amide bonds. The molecule has 9 nitrogen and oxygen atoms in total. The Bertz CT molecular complexity index is 1170. The first-order chi connectivity index (χ1) is 16.4. The van der Waals surface area contributed by atoms with Gasteiger partial charge in [0.25, 0.3) is 0 Å². The number of aliphatic carboxylic acids is 1. The second kappa shape index (κ2) is 10.4. The van der Waals surface area contributed by atoms with E-state index >= 15 is 0 Å². The summed E-state index contributed by atoms with van der Waals surface area (Å²) in [5.74, 6) is -1.82. The highest BCUT2D eigenvalue weighted by Gasteiger charge is 2.29. The first-order valence-corrected chi connectivity index (χ1v) is 11.5. The predicted molar refractivity (Wildman–Crippen MR) is 126 cm³/mol. The van der Waals surface area contributed by atoms with Gasteiger partial charge in [-0.3, -0.25) is 10.1 Å². The van der Waals surface area contributed by atoms with E-state index in [1.807, 2.05) is 36.4 Å². The Kier molecular flexibility index (Phi) is 7.19. The van der Waals surface area contributed by atoms with Crippen molar-refractivity contribution in [2.24, 2.45) is 0 Å². The fourth-order valence-corrected chi connectivity index (χ4v) is 4.62. The van der Waals surface area contributed by atoms with Gasteiger partial charge in [-0.1, -0.05) is 48.5 Å². The zero-order valence-corrected chi connectivity index (χ0v) is 18.9. The molecule has 0 bridgehead atoms. The van der Waals surface area contributed by atoms with Crippen molar-refractivity contribution in [3.8, 4) is 11.1 Å². The number of amides is 2. The summed E-state index contributed by atoms with van der Waals surface area (Å²) in [7, 11) is 0. The highest BCUT2D eigenvalue weighted by Crippen LogP contribution is 2.44. The maximum atomic E-state index is 12.4. The zero-order chi connectivity index (χ0) is 24.1. The van der Waals surface area contributed by atoms with Crippen molar-refractivity contribution in [3.05, 3.63) is 70.7 Å². The summed E-state index contributed by atoms with van der Waals surface area (Å²) in [4.78, 5) is 39.6. The van der Waals surface area contributed by atoms with Crippen LogP contribution in [-0.4, -0.2) is 52.4 Å². The minimum absolute atomic E-state index is 0.0387. The highest BCUT2D eigenvalue weighted by molar-refractivity contribution is 7.15.